The molecule has 1 aromatic heterocycles. The first kappa shape index (κ1) is 23.5. The summed E-state index contributed by atoms with van der Waals surface area (Å²) in [4.78, 5) is 38.6. The van der Waals surface area contributed by atoms with Crippen molar-refractivity contribution < 1.29 is 19.1 Å². The highest BCUT2D eigenvalue weighted by atomic mass is 35.5. The molecule has 2 aromatic carbocycles. The fraction of sp³-hybridized carbons (Fsp3) is 0.280. The maximum absolute atomic E-state index is 12.6. The summed E-state index contributed by atoms with van der Waals surface area (Å²) in [5.41, 5.74) is 3.93. The Morgan fingerprint density at radius 3 is 2.62 bits per heavy atom. The summed E-state index contributed by atoms with van der Waals surface area (Å²) in [6, 6.07) is 14.9. The van der Waals surface area contributed by atoms with E-state index in [9.17, 15) is 14.4 Å². The van der Waals surface area contributed by atoms with Gasteiger partial charge in [0.2, 0.25) is 5.91 Å². The van der Waals surface area contributed by atoms with Crippen molar-refractivity contribution in [3.05, 3.63) is 76.1 Å². The number of esters is 1. The first-order chi connectivity index (χ1) is 16.3. The van der Waals surface area contributed by atoms with Gasteiger partial charge in [0, 0.05) is 24.3 Å². The van der Waals surface area contributed by atoms with Gasteiger partial charge in [-0.15, -0.1) is 0 Å². The van der Waals surface area contributed by atoms with Gasteiger partial charge in [0.25, 0.3) is 5.91 Å². The van der Waals surface area contributed by atoms with E-state index in [4.69, 9.17) is 16.3 Å². The van der Waals surface area contributed by atoms with E-state index in [1.165, 1.54) is 4.68 Å². The van der Waals surface area contributed by atoms with Gasteiger partial charge in [-0.1, -0.05) is 47.5 Å². The summed E-state index contributed by atoms with van der Waals surface area (Å²) in [6.45, 7) is 4.25. The van der Waals surface area contributed by atoms with Crippen molar-refractivity contribution in [3.63, 3.8) is 0 Å². The Hall–Kier alpha value is -3.65. The number of amides is 2. The largest absolute Gasteiger partial charge is 0.452 e. The first-order valence-corrected chi connectivity index (χ1v) is 11.4. The van der Waals surface area contributed by atoms with E-state index in [0.29, 0.717) is 30.9 Å². The van der Waals surface area contributed by atoms with Crippen molar-refractivity contribution in [3.8, 4) is 0 Å². The molecule has 1 fully saturated rings. The molecule has 1 aliphatic heterocycles. The molecule has 34 heavy (non-hydrogen) atoms. The maximum Gasteiger partial charge on any atom is 0.343 e. The van der Waals surface area contributed by atoms with Crippen molar-refractivity contribution in [1.82, 2.24) is 9.78 Å². The molecule has 1 saturated heterocycles. The zero-order valence-corrected chi connectivity index (χ0v) is 19.8. The van der Waals surface area contributed by atoms with Crippen LogP contribution in [0.4, 0.5) is 11.4 Å². The topological polar surface area (TPSA) is 93.5 Å². The van der Waals surface area contributed by atoms with E-state index in [1.807, 2.05) is 37.3 Å². The Morgan fingerprint density at radius 1 is 1.15 bits per heavy atom. The normalized spacial score (nSPS) is 13.3. The van der Waals surface area contributed by atoms with Gasteiger partial charge in [0.1, 0.15) is 10.7 Å². The van der Waals surface area contributed by atoms with Crippen LogP contribution in [0.3, 0.4) is 0 Å². The molecule has 2 heterocycles. The van der Waals surface area contributed by atoms with Crippen LogP contribution in [0.15, 0.2) is 48.5 Å². The van der Waals surface area contributed by atoms with E-state index < -0.39 is 18.5 Å². The standard InChI is InChI=1S/C25H25ClN4O4/c1-16-8-10-18(11-9-16)14-30-24(26)23(17(2)28-30)25(33)34-15-21(31)27-19-5-3-6-20(13-19)29-12-4-7-22(29)32/h3,5-6,8-11,13H,4,7,12,14-15H2,1-2H3,(H,27,31). The molecular weight excluding hydrogens is 456 g/mol. The molecule has 0 spiro atoms. The van der Waals surface area contributed by atoms with E-state index in [1.54, 1.807) is 30.0 Å². The molecule has 0 bridgehead atoms. The number of hydrogen-bond donors (Lipinski definition) is 1. The summed E-state index contributed by atoms with van der Waals surface area (Å²) in [5.74, 6) is -1.16. The Balaban J connectivity index is 1.36. The number of rotatable bonds is 7. The zero-order chi connectivity index (χ0) is 24.2. The molecule has 2 amide bonds. The second-order valence-corrected chi connectivity index (χ2v) is 8.58. The number of nitrogens with zero attached hydrogens (tertiary/aromatic N) is 3. The molecule has 1 N–H and O–H groups in total. The molecule has 0 unspecified atom stereocenters. The van der Waals surface area contributed by atoms with Crippen molar-refractivity contribution >= 4 is 40.8 Å². The summed E-state index contributed by atoms with van der Waals surface area (Å²) in [7, 11) is 0. The van der Waals surface area contributed by atoms with Gasteiger partial charge in [-0.3, -0.25) is 9.59 Å². The van der Waals surface area contributed by atoms with Gasteiger partial charge < -0.3 is 15.0 Å². The lowest BCUT2D eigenvalue weighted by molar-refractivity contribution is -0.119. The lowest BCUT2D eigenvalue weighted by Gasteiger charge is -2.16. The van der Waals surface area contributed by atoms with Crippen LogP contribution in [-0.4, -0.2) is 40.7 Å². The van der Waals surface area contributed by atoms with Gasteiger partial charge in [-0.25, -0.2) is 9.48 Å². The monoisotopic (exact) mass is 480 g/mol. The van der Waals surface area contributed by atoms with Crippen LogP contribution in [0.25, 0.3) is 0 Å². The van der Waals surface area contributed by atoms with Crippen LogP contribution >= 0.6 is 11.6 Å². The Bertz CT molecular complexity index is 1240. The van der Waals surface area contributed by atoms with Crippen molar-refractivity contribution in [1.29, 1.82) is 0 Å². The number of carbonyl (C=O) groups excluding carboxylic acids is 3. The third-order valence-electron chi connectivity index (χ3n) is 5.57. The molecule has 4 rings (SSSR count). The van der Waals surface area contributed by atoms with Crippen LogP contribution in [-0.2, 0) is 20.9 Å². The minimum atomic E-state index is -0.718. The van der Waals surface area contributed by atoms with Gasteiger partial charge in [-0.05, 0) is 44.0 Å². The fourth-order valence-corrected chi connectivity index (χ4v) is 4.14. The summed E-state index contributed by atoms with van der Waals surface area (Å²) < 4.78 is 6.73. The molecule has 0 saturated carbocycles. The van der Waals surface area contributed by atoms with Crippen LogP contribution in [0.5, 0.6) is 0 Å². The molecule has 0 aliphatic carbocycles. The fourth-order valence-electron chi connectivity index (χ4n) is 3.83. The van der Waals surface area contributed by atoms with Gasteiger partial charge >= 0.3 is 5.97 Å². The van der Waals surface area contributed by atoms with Gasteiger partial charge in [0.05, 0.1) is 12.2 Å². The molecule has 0 atom stereocenters. The van der Waals surface area contributed by atoms with Crippen LogP contribution in [0.2, 0.25) is 5.15 Å². The van der Waals surface area contributed by atoms with Crippen molar-refractivity contribution in [2.24, 2.45) is 0 Å². The predicted molar refractivity (Wildman–Crippen MR) is 129 cm³/mol. The molecule has 8 nitrogen and oxygen atoms in total. The Morgan fingerprint density at radius 2 is 1.91 bits per heavy atom. The maximum atomic E-state index is 12.6. The number of ether oxygens (including phenoxy) is 1. The molecule has 3 aromatic rings. The van der Waals surface area contributed by atoms with E-state index in [0.717, 1.165) is 23.2 Å². The number of hydrogen-bond acceptors (Lipinski definition) is 5. The smallest absolute Gasteiger partial charge is 0.343 e. The van der Waals surface area contributed by atoms with E-state index >= 15 is 0 Å². The molecule has 9 heteroatoms. The van der Waals surface area contributed by atoms with Gasteiger partial charge in [0.15, 0.2) is 6.61 Å². The number of aromatic nitrogens is 2. The highest BCUT2D eigenvalue weighted by Crippen LogP contribution is 2.25. The number of aryl methyl sites for hydroxylation is 2. The second-order valence-electron chi connectivity index (χ2n) is 8.22. The van der Waals surface area contributed by atoms with Gasteiger partial charge in [-0.2, -0.15) is 5.10 Å². The molecule has 176 valence electrons. The van der Waals surface area contributed by atoms with E-state index in [-0.39, 0.29) is 16.6 Å². The molecule has 1 aliphatic rings. The number of halogens is 1. The lowest BCUT2D eigenvalue weighted by Crippen LogP contribution is -2.24. The quantitative estimate of drug-likeness (QED) is 0.513. The van der Waals surface area contributed by atoms with Crippen LogP contribution < -0.4 is 10.2 Å². The first-order valence-electron chi connectivity index (χ1n) is 11.0. The average molecular weight is 481 g/mol. The number of nitrogens with one attached hydrogen (secondary N) is 1. The highest BCUT2D eigenvalue weighted by molar-refractivity contribution is 6.32. The van der Waals surface area contributed by atoms with Crippen LogP contribution in [0.1, 0.15) is 40.0 Å². The summed E-state index contributed by atoms with van der Waals surface area (Å²) >= 11 is 6.41. The highest BCUT2D eigenvalue weighted by Gasteiger charge is 2.24. The predicted octanol–water partition coefficient (Wildman–Crippen LogP) is 4.12. The zero-order valence-electron chi connectivity index (χ0n) is 19.0. The Labute approximate surface area is 202 Å². The average Bonchev–Trinajstić information content (AvgIpc) is 3.36. The van der Waals surface area contributed by atoms with Crippen LogP contribution in [0, 0.1) is 13.8 Å². The third kappa shape index (κ3) is 5.28. The van der Waals surface area contributed by atoms with Crippen molar-refractivity contribution in [2.45, 2.75) is 33.2 Å². The lowest BCUT2D eigenvalue weighted by atomic mass is 10.1. The Kier molecular flexibility index (Phi) is 6.98. The molecular formula is C25H25ClN4O4. The number of carbonyl (C=O) groups is 3. The SMILES string of the molecule is Cc1ccc(Cn2nc(C)c(C(=O)OCC(=O)Nc3cccc(N4CCCC4=O)c3)c2Cl)cc1. The minimum Gasteiger partial charge on any atom is -0.452 e. The van der Waals surface area contributed by atoms with E-state index in [2.05, 4.69) is 10.4 Å². The third-order valence-corrected chi connectivity index (χ3v) is 5.96. The molecule has 0 radical (unpaired) electrons. The summed E-state index contributed by atoms with van der Waals surface area (Å²) in [5, 5.41) is 7.20. The minimum absolute atomic E-state index is 0.0626. The number of benzene rings is 2. The number of anilines is 2. The van der Waals surface area contributed by atoms with Crippen molar-refractivity contribution in [2.75, 3.05) is 23.4 Å². The summed E-state index contributed by atoms with van der Waals surface area (Å²) in [6.07, 6.45) is 1.34. The second kappa shape index (κ2) is 10.1.